The maximum atomic E-state index is 4.49. The van der Waals surface area contributed by atoms with Crippen LogP contribution in [0.4, 0.5) is 0 Å². The van der Waals surface area contributed by atoms with Crippen LogP contribution in [0.25, 0.3) is 10.9 Å². The quantitative estimate of drug-likeness (QED) is 0.706. The fraction of sp³-hybridized carbons (Fsp3) is 0.250. The summed E-state index contributed by atoms with van der Waals surface area (Å²) in [6, 6.07) is 10.5. The van der Waals surface area contributed by atoms with Gasteiger partial charge >= 0.3 is 0 Å². The second kappa shape index (κ2) is 2.98. The third-order valence-electron chi connectivity index (χ3n) is 2.72. The Morgan fingerprint density at radius 1 is 1.21 bits per heavy atom. The monoisotopic (exact) mass is 184 g/mol. The van der Waals surface area contributed by atoms with Gasteiger partial charge in [0.15, 0.2) is 0 Å². The minimum atomic E-state index is 0.991. The summed E-state index contributed by atoms with van der Waals surface area (Å²) in [6.45, 7) is 0.991. The number of rotatable bonds is 1. The van der Waals surface area contributed by atoms with Gasteiger partial charge in [-0.1, -0.05) is 18.2 Å². The largest absolute Gasteiger partial charge is 0.354 e. The first-order chi connectivity index (χ1) is 6.93. The number of H-pyrrole nitrogens is 1. The molecular formula is C12H12N2. The molecule has 2 heterocycles. The van der Waals surface area contributed by atoms with Crippen molar-refractivity contribution in [1.82, 2.24) is 4.98 Å². The van der Waals surface area contributed by atoms with Gasteiger partial charge in [-0.25, -0.2) is 0 Å². The van der Waals surface area contributed by atoms with Crippen LogP contribution >= 0.6 is 0 Å². The number of hydrogen-bond donors (Lipinski definition) is 1. The van der Waals surface area contributed by atoms with E-state index in [9.17, 15) is 0 Å². The number of nitrogens with one attached hydrogen (secondary N) is 1. The van der Waals surface area contributed by atoms with Gasteiger partial charge in [0.05, 0.1) is 11.4 Å². The van der Waals surface area contributed by atoms with Crippen LogP contribution in [0.15, 0.2) is 35.3 Å². The third kappa shape index (κ3) is 1.15. The van der Waals surface area contributed by atoms with Gasteiger partial charge in [0.25, 0.3) is 0 Å². The van der Waals surface area contributed by atoms with Crippen molar-refractivity contribution < 1.29 is 0 Å². The molecule has 0 atom stereocenters. The van der Waals surface area contributed by atoms with Crippen molar-refractivity contribution in [3.63, 3.8) is 0 Å². The Kier molecular flexibility index (Phi) is 1.66. The molecule has 2 aromatic rings. The molecular weight excluding hydrogens is 172 g/mol. The van der Waals surface area contributed by atoms with Crippen molar-refractivity contribution in [2.75, 3.05) is 6.54 Å². The van der Waals surface area contributed by atoms with E-state index in [1.54, 1.807) is 0 Å². The summed E-state index contributed by atoms with van der Waals surface area (Å²) >= 11 is 0. The van der Waals surface area contributed by atoms with Gasteiger partial charge in [0, 0.05) is 17.4 Å². The van der Waals surface area contributed by atoms with Gasteiger partial charge in [-0.15, -0.1) is 0 Å². The van der Waals surface area contributed by atoms with Crippen molar-refractivity contribution in [1.29, 1.82) is 0 Å². The van der Waals surface area contributed by atoms with E-state index in [1.807, 2.05) is 0 Å². The Labute approximate surface area is 82.7 Å². The lowest BCUT2D eigenvalue weighted by Gasteiger charge is -1.93. The van der Waals surface area contributed by atoms with Gasteiger partial charge in [-0.3, -0.25) is 4.99 Å². The number of aliphatic imine (C=N–C) groups is 1. The Hall–Kier alpha value is -1.57. The van der Waals surface area contributed by atoms with Gasteiger partial charge in [0.1, 0.15) is 0 Å². The Morgan fingerprint density at radius 2 is 2.14 bits per heavy atom. The van der Waals surface area contributed by atoms with Gasteiger partial charge < -0.3 is 4.98 Å². The summed E-state index contributed by atoms with van der Waals surface area (Å²) in [5.41, 5.74) is 3.64. The van der Waals surface area contributed by atoms with Crippen molar-refractivity contribution in [2.45, 2.75) is 12.8 Å². The number of nitrogens with zero attached hydrogens (tertiary/aromatic N) is 1. The molecule has 0 saturated heterocycles. The van der Waals surface area contributed by atoms with Crippen molar-refractivity contribution in [3.05, 3.63) is 36.0 Å². The molecule has 0 saturated carbocycles. The van der Waals surface area contributed by atoms with Gasteiger partial charge in [0.2, 0.25) is 0 Å². The average molecular weight is 184 g/mol. The third-order valence-corrected chi connectivity index (χ3v) is 2.72. The number of aromatic amines is 1. The van der Waals surface area contributed by atoms with Crippen LogP contribution in [0.5, 0.6) is 0 Å². The van der Waals surface area contributed by atoms with E-state index >= 15 is 0 Å². The van der Waals surface area contributed by atoms with Crippen LogP contribution in [0.2, 0.25) is 0 Å². The molecule has 0 unspecified atom stereocenters. The normalized spacial score (nSPS) is 16.1. The number of benzene rings is 1. The zero-order valence-electron chi connectivity index (χ0n) is 7.96. The first-order valence-electron chi connectivity index (χ1n) is 5.05. The summed E-state index contributed by atoms with van der Waals surface area (Å²) in [7, 11) is 0. The van der Waals surface area contributed by atoms with Crippen molar-refractivity contribution >= 4 is 16.6 Å². The number of fused-ring (bicyclic) bond motifs is 1. The molecule has 2 heteroatoms. The van der Waals surface area contributed by atoms with Crippen LogP contribution in [0.3, 0.4) is 0 Å². The molecule has 70 valence electrons. The summed E-state index contributed by atoms with van der Waals surface area (Å²) in [5.74, 6) is 0. The van der Waals surface area contributed by atoms with Crippen LogP contribution in [-0.2, 0) is 0 Å². The van der Waals surface area contributed by atoms with E-state index in [0.717, 1.165) is 13.0 Å². The van der Waals surface area contributed by atoms with Crippen molar-refractivity contribution in [2.24, 2.45) is 4.99 Å². The van der Waals surface area contributed by atoms with Gasteiger partial charge in [-0.2, -0.15) is 0 Å². The lowest BCUT2D eigenvalue weighted by atomic mass is 10.2. The van der Waals surface area contributed by atoms with Crippen molar-refractivity contribution in [3.8, 4) is 0 Å². The first kappa shape index (κ1) is 7.80. The second-order valence-electron chi connectivity index (χ2n) is 3.70. The molecule has 1 N–H and O–H groups in total. The molecule has 0 aliphatic carbocycles. The highest BCUT2D eigenvalue weighted by Crippen LogP contribution is 2.18. The molecule has 14 heavy (non-hydrogen) atoms. The van der Waals surface area contributed by atoms with E-state index < -0.39 is 0 Å². The highest BCUT2D eigenvalue weighted by Gasteiger charge is 2.10. The number of hydrogen-bond acceptors (Lipinski definition) is 1. The lowest BCUT2D eigenvalue weighted by Crippen LogP contribution is -1.95. The van der Waals surface area contributed by atoms with E-state index in [2.05, 4.69) is 40.3 Å². The van der Waals surface area contributed by atoms with Gasteiger partial charge in [-0.05, 0) is 25.0 Å². The molecule has 0 radical (unpaired) electrons. The Balaban J connectivity index is 2.14. The highest BCUT2D eigenvalue weighted by molar-refractivity contribution is 6.03. The molecule has 3 rings (SSSR count). The van der Waals surface area contributed by atoms with Crippen LogP contribution < -0.4 is 0 Å². The molecule has 0 spiro atoms. The van der Waals surface area contributed by atoms with E-state index in [-0.39, 0.29) is 0 Å². The Morgan fingerprint density at radius 3 is 2.93 bits per heavy atom. The van der Waals surface area contributed by atoms with E-state index in [4.69, 9.17) is 0 Å². The predicted molar refractivity (Wildman–Crippen MR) is 58.9 cm³/mol. The molecule has 1 aromatic heterocycles. The molecule has 0 amide bonds. The zero-order valence-corrected chi connectivity index (χ0v) is 7.96. The molecule has 1 aliphatic rings. The average Bonchev–Trinajstić information content (AvgIpc) is 2.86. The fourth-order valence-electron chi connectivity index (χ4n) is 1.99. The second-order valence-corrected chi connectivity index (χ2v) is 3.70. The zero-order chi connectivity index (χ0) is 9.38. The molecule has 2 nitrogen and oxygen atoms in total. The van der Waals surface area contributed by atoms with E-state index in [0.29, 0.717) is 0 Å². The van der Waals surface area contributed by atoms with E-state index in [1.165, 1.54) is 28.7 Å². The highest BCUT2D eigenvalue weighted by atomic mass is 14.8. The summed E-state index contributed by atoms with van der Waals surface area (Å²) in [4.78, 5) is 7.89. The standard InChI is InChI=1S/C12H12N2/c1-2-5-10-9(4-1)8-12(14-10)11-6-3-7-13-11/h1-2,4-5,8,14H,3,6-7H2. The smallest absolute Gasteiger partial charge is 0.0605 e. The summed E-state index contributed by atoms with van der Waals surface area (Å²) < 4.78 is 0. The summed E-state index contributed by atoms with van der Waals surface area (Å²) in [6.07, 6.45) is 2.32. The summed E-state index contributed by atoms with van der Waals surface area (Å²) in [5, 5.41) is 1.28. The number of para-hydroxylation sites is 1. The maximum Gasteiger partial charge on any atom is 0.0605 e. The first-order valence-corrected chi connectivity index (χ1v) is 5.05. The minimum absolute atomic E-state index is 0.991. The SMILES string of the molecule is c1ccc2[nH]c(C3=NCCC3)cc2c1. The molecule has 0 fully saturated rings. The lowest BCUT2D eigenvalue weighted by molar-refractivity contribution is 0.951. The minimum Gasteiger partial charge on any atom is -0.354 e. The fourth-order valence-corrected chi connectivity index (χ4v) is 1.99. The van der Waals surface area contributed by atoms with Crippen LogP contribution in [0.1, 0.15) is 18.5 Å². The molecule has 1 aromatic carbocycles. The predicted octanol–water partition coefficient (Wildman–Crippen LogP) is 2.75. The molecule has 1 aliphatic heterocycles. The number of aromatic nitrogens is 1. The van der Waals surface area contributed by atoms with Crippen LogP contribution in [-0.4, -0.2) is 17.2 Å². The van der Waals surface area contributed by atoms with Crippen LogP contribution in [0, 0.1) is 0 Å². The molecule has 0 bridgehead atoms. The maximum absolute atomic E-state index is 4.49. The topological polar surface area (TPSA) is 28.1 Å². The Bertz CT molecular complexity index is 461.